The molecule has 0 spiro atoms. The van der Waals surface area contributed by atoms with Gasteiger partial charge < -0.3 is 9.52 Å². The lowest BCUT2D eigenvalue weighted by Gasteiger charge is -2.06. The molecule has 6 heteroatoms. The number of rotatable bonds is 2. The summed E-state index contributed by atoms with van der Waals surface area (Å²) in [7, 11) is 0. The second kappa shape index (κ2) is 6.16. The number of fused-ring (bicyclic) bond motifs is 1. The van der Waals surface area contributed by atoms with Crippen molar-refractivity contribution in [2.24, 2.45) is 0 Å². The van der Waals surface area contributed by atoms with Crippen molar-refractivity contribution < 1.29 is 22.7 Å². The lowest BCUT2D eigenvalue weighted by Crippen LogP contribution is -2.03. The third-order valence-corrected chi connectivity index (χ3v) is 4.35. The van der Waals surface area contributed by atoms with Gasteiger partial charge in [-0.25, -0.2) is 4.98 Å². The van der Waals surface area contributed by atoms with Gasteiger partial charge in [0.15, 0.2) is 0 Å². The van der Waals surface area contributed by atoms with E-state index >= 15 is 0 Å². The molecule has 0 saturated heterocycles. The van der Waals surface area contributed by atoms with Crippen molar-refractivity contribution in [3.63, 3.8) is 0 Å². The highest BCUT2D eigenvalue weighted by atomic mass is 19.4. The number of benzene rings is 3. The molecule has 4 rings (SSSR count). The second-order valence-corrected chi connectivity index (χ2v) is 6.25. The number of phenols is 1. The van der Waals surface area contributed by atoms with Gasteiger partial charge >= 0.3 is 6.18 Å². The summed E-state index contributed by atoms with van der Waals surface area (Å²) < 4.78 is 43.8. The predicted molar refractivity (Wildman–Crippen MR) is 96.3 cm³/mol. The van der Waals surface area contributed by atoms with Crippen LogP contribution < -0.4 is 0 Å². The Kier molecular flexibility index (Phi) is 3.91. The van der Waals surface area contributed by atoms with E-state index in [1.54, 1.807) is 25.1 Å². The number of aromatic hydroxyl groups is 1. The number of oxazole rings is 1. The number of halogens is 3. The predicted octanol–water partition coefficient (Wildman–Crippen LogP) is 6.19. The van der Waals surface area contributed by atoms with Crippen LogP contribution in [0.1, 0.15) is 11.3 Å². The molecule has 27 heavy (non-hydrogen) atoms. The van der Waals surface area contributed by atoms with Crippen LogP contribution >= 0.6 is 0 Å². The van der Waals surface area contributed by atoms with Gasteiger partial charge in [0, 0.05) is 11.1 Å². The molecular weight excluding hydrogens is 355 g/mol. The van der Waals surface area contributed by atoms with Crippen LogP contribution in [-0.4, -0.2) is 10.1 Å². The molecular formula is C21H14F3NO2. The van der Waals surface area contributed by atoms with Crippen LogP contribution in [0.4, 0.5) is 13.2 Å². The van der Waals surface area contributed by atoms with Crippen molar-refractivity contribution in [1.82, 2.24) is 4.98 Å². The number of alkyl halides is 3. The molecule has 136 valence electrons. The third kappa shape index (κ3) is 3.26. The summed E-state index contributed by atoms with van der Waals surface area (Å²) in [5, 5.41) is 11.4. The first-order valence-corrected chi connectivity index (χ1v) is 8.19. The first kappa shape index (κ1) is 17.1. The fourth-order valence-electron chi connectivity index (χ4n) is 2.97. The zero-order valence-corrected chi connectivity index (χ0v) is 14.2. The normalized spacial score (nSPS) is 11.9. The number of hydrogen-bond donors (Lipinski definition) is 1. The molecule has 3 nitrogen and oxygen atoms in total. The Morgan fingerprint density at radius 3 is 2.19 bits per heavy atom. The van der Waals surface area contributed by atoms with Crippen LogP contribution in [0.5, 0.6) is 5.75 Å². The lowest BCUT2D eigenvalue weighted by atomic mass is 10.0. The molecule has 0 saturated carbocycles. The average molecular weight is 369 g/mol. The Morgan fingerprint density at radius 1 is 0.852 bits per heavy atom. The molecule has 0 aliphatic carbocycles. The minimum absolute atomic E-state index is 0.192. The molecule has 0 amide bonds. The van der Waals surface area contributed by atoms with Crippen molar-refractivity contribution in [1.29, 1.82) is 0 Å². The summed E-state index contributed by atoms with van der Waals surface area (Å²) in [5.74, 6) is 1.03. The molecule has 0 aliphatic heterocycles. The van der Waals surface area contributed by atoms with Crippen molar-refractivity contribution in [2.45, 2.75) is 13.1 Å². The van der Waals surface area contributed by atoms with Gasteiger partial charge in [-0.15, -0.1) is 0 Å². The van der Waals surface area contributed by atoms with Crippen LogP contribution in [0.15, 0.2) is 65.1 Å². The van der Waals surface area contributed by atoms with Gasteiger partial charge in [0.25, 0.3) is 0 Å². The Bertz CT molecular complexity index is 1130. The van der Waals surface area contributed by atoms with Gasteiger partial charge in [-0.2, -0.15) is 13.2 Å². The molecule has 0 bridgehead atoms. The average Bonchev–Trinajstić information content (AvgIpc) is 3.02. The molecule has 3 aromatic carbocycles. The van der Waals surface area contributed by atoms with Gasteiger partial charge in [0.2, 0.25) is 5.89 Å². The smallest absolute Gasteiger partial charge is 0.416 e. The molecule has 0 unspecified atom stereocenters. The van der Waals surface area contributed by atoms with Crippen LogP contribution in [0.25, 0.3) is 33.5 Å². The fraction of sp³-hybridized carbons (Fsp3) is 0.0952. The number of hydrogen-bond acceptors (Lipinski definition) is 3. The van der Waals surface area contributed by atoms with Gasteiger partial charge in [-0.05, 0) is 60.2 Å². The quantitative estimate of drug-likeness (QED) is 0.458. The summed E-state index contributed by atoms with van der Waals surface area (Å²) >= 11 is 0. The highest BCUT2D eigenvalue weighted by molar-refractivity contribution is 5.88. The van der Waals surface area contributed by atoms with E-state index in [1.165, 1.54) is 12.1 Å². The number of aromatic nitrogens is 1. The molecule has 0 atom stereocenters. The van der Waals surface area contributed by atoms with Crippen molar-refractivity contribution >= 4 is 10.8 Å². The zero-order valence-electron chi connectivity index (χ0n) is 14.2. The molecule has 1 N–H and O–H groups in total. The van der Waals surface area contributed by atoms with E-state index in [2.05, 4.69) is 4.98 Å². The fourth-order valence-corrected chi connectivity index (χ4v) is 2.97. The SMILES string of the molecule is Cc1oc(-c2ccc(C(F)(F)F)cc2)nc1-c1ccc2cc(O)ccc2c1. The van der Waals surface area contributed by atoms with Gasteiger partial charge in [-0.1, -0.05) is 18.2 Å². The van der Waals surface area contributed by atoms with Gasteiger partial charge in [0.1, 0.15) is 17.2 Å². The Labute approximate surface area is 152 Å². The van der Waals surface area contributed by atoms with E-state index in [9.17, 15) is 18.3 Å². The van der Waals surface area contributed by atoms with Crippen LogP contribution in [0, 0.1) is 6.92 Å². The Morgan fingerprint density at radius 2 is 1.48 bits per heavy atom. The highest BCUT2D eigenvalue weighted by Crippen LogP contribution is 2.33. The van der Waals surface area contributed by atoms with Crippen molar-refractivity contribution in [3.05, 3.63) is 72.0 Å². The van der Waals surface area contributed by atoms with Crippen LogP contribution in [0.3, 0.4) is 0 Å². The maximum Gasteiger partial charge on any atom is 0.416 e. The summed E-state index contributed by atoms with van der Waals surface area (Å²) in [4.78, 5) is 4.47. The van der Waals surface area contributed by atoms with Crippen LogP contribution in [0.2, 0.25) is 0 Å². The standard InChI is InChI=1S/C21H14F3NO2/c1-12-19(16-3-2-15-11-18(26)9-6-14(15)10-16)25-20(27-12)13-4-7-17(8-5-13)21(22,23)24/h2-11,26H,1H3. The summed E-state index contributed by atoms with van der Waals surface area (Å²) in [6, 6.07) is 15.5. The maximum absolute atomic E-state index is 12.7. The van der Waals surface area contributed by atoms with E-state index in [4.69, 9.17) is 4.42 Å². The summed E-state index contributed by atoms with van der Waals surface area (Å²) in [6.45, 7) is 1.76. The minimum atomic E-state index is -4.38. The molecule has 0 radical (unpaired) electrons. The van der Waals surface area contributed by atoms with Crippen molar-refractivity contribution in [2.75, 3.05) is 0 Å². The van der Waals surface area contributed by atoms with Gasteiger partial charge in [0.05, 0.1) is 5.56 Å². The number of aryl methyl sites for hydroxylation is 1. The highest BCUT2D eigenvalue weighted by Gasteiger charge is 2.30. The molecule has 1 aromatic heterocycles. The minimum Gasteiger partial charge on any atom is -0.508 e. The van der Waals surface area contributed by atoms with E-state index in [1.807, 2.05) is 18.2 Å². The van der Waals surface area contributed by atoms with E-state index in [0.717, 1.165) is 28.5 Å². The Balaban J connectivity index is 1.72. The molecule has 0 fully saturated rings. The van der Waals surface area contributed by atoms with E-state index < -0.39 is 11.7 Å². The molecule has 1 heterocycles. The van der Waals surface area contributed by atoms with E-state index in [0.29, 0.717) is 17.0 Å². The molecule has 4 aromatic rings. The zero-order chi connectivity index (χ0) is 19.2. The number of nitrogens with zero attached hydrogens (tertiary/aromatic N) is 1. The van der Waals surface area contributed by atoms with Crippen LogP contribution in [-0.2, 0) is 6.18 Å². The van der Waals surface area contributed by atoms with Gasteiger partial charge in [-0.3, -0.25) is 0 Å². The second-order valence-electron chi connectivity index (χ2n) is 6.25. The van der Waals surface area contributed by atoms with Crippen molar-refractivity contribution in [3.8, 4) is 28.5 Å². The number of phenolic OH excluding ortho intramolecular Hbond substituents is 1. The van der Waals surface area contributed by atoms with E-state index in [-0.39, 0.29) is 11.6 Å². The largest absolute Gasteiger partial charge is 0.508 e. The monoisotopic (exact) mass is 369 g/mol. The third-order valence-electron chi connectivity index (χ3n) is 4.35. The maximum atomic E-state index is 12.7. The lowest BCUT2D eigenvalue weighted by molar-refractivity contribution is -0.137. The topological polar surface area (TPSA) is 46.3 Å². The Hall–Kier alpha value is -3.28. The molecule has 0 aliphatic rings. The summed E-state index contributed by atoms with van der Waals surface area (Å²) in [5.41, 5.74) is 1.21. The summed E-state index contributed by atoms with van der Waals surface area (Å²) in [6.07, 6.45) is -4.38. The first-order valence-electron chi connectivity index (χ1n) is 8.19. The first-order chi connectivity index (χ1) is 12.8.